The predicted octanol–water partition coefficient (Wildman–Crippen LogP) is 3.26. The minimum absolute atomic E-state index is 0.0544. The molecule has 2 heterocycles. The molecule has 1 aliphatic rings. The number of nitrogens with one attached hydrogen (secondary N) is 1. The number of amides is 1. The van der Waals surface area contributed by atoms with Gasteiger partial charge in [0, 0.05) is 29.6 Å². The fourth-order valence-corrected chi connectivity index (χ4v) is 5.15. The summed E-state index contributed by atoms with van der Waals surface area (Å²) in [6, 6.07) is 9.89. The number of thiophene rings is 1. The Labute approximate surface area is 170 Å². The first-order valence-electron chi connectivity index (χ1n) is 9.41. The molecule has 0 radical (unpaired) electrons. The molecule has 8 heteroatoms. The van der Waals surface area contributed by atoms with E-state index < -0.39 is 10.0 Å². The molecule has 1 saturated heterocycles. The van der Waals surface area contributed by atoms with Gasteiger partial charge in [0.1, 0.15) is 0 Å². The van der Waals surface area contributed by atoms with Gasteiger partial charge in [-0.25, -0.2) is 13.1 Å². The van der Waals surface area contributed by atoms with Crippen LogP contribution >= 0.6 is 11.3 Å². The van der Waals surface area contributed by atoms with E-state index in [2.05, 4.69) is 4.72 Å². The van der Waals surface area contributed by atoms with Gasteiger partial charge in [0.05, 0.1) is 17.5 Å². The monoisotopic (exact) mass is 422 g/mol. The highest BCUT2D eigenvalue weighted by Crippen LogP contribution is 2.20. The second kappa shape index (κ2) is 9.17. The Morgan fingerprint density at radius 2 is 2.04 bits per heavy atom. The lowest BCUT2D eigenvalue weighted by Gasteiger charge is -2.25. The summed E-state index contributed by atoms with van der Waals surface area (Å²) < 4.78 is 32.8. The molecular weight excluding hydrogens is 396 g/mol. The van der Waals surface area contributed by atoms with Crippen molar-refractivity contribution in [3.05, 3.63) is 52.2 Å². The quantitative estimate of drug-likeness (QED) is 0.709. The maximum absolute atomic E-state index is 13.1. The third kappa shape index (κ3) is 5.41. The van der Waals surface area contributed by atoms with E-state index in [-0.39, 0.29) is 22.9 Å². The number of rotatable bonds is 8. The van der Waals surface area contributed by atoms with Gasteiger partial charge in [-0.1, -0.05) is 6.07 Å². The Balaban J connectivity index is 1.77. The van der Waals surface area contributed by atoms with Crippen molar-refractivity contribution in [2.45, 2.75) is 50.3 Å². The van der Waals surface area contributed by atoms with Crippen molar-refractivity contribution in [1.29, 1.82) is 0 Å². The number of ether oxygens (including phenoxy) is 1. The molecule has 1 N–H and O–H groups in total. The number of carbonyl (C=O) groups excluding carboxylic acids is 1. The van der Waals surface area contributed by atoms with Crippen molar-refractivity contribution in [3.8, 4) is 0 Å². The molecule has 1 aliphatic heterocycles. The lowest BCUT2D eigenvalue weighted by Crippen LogP contribution is -2.36. The van der Waals surface area contributed by atoms with Crippen LogP contribution in [-0.2, 0) is 21.3 Å². The molecule has 0 spiro atoms. The molecule has 1 aromatic carbocycles. The van der Waals surface area contributed by atoms with Crippen LogP contribution in [0.1, 0.15) is 41.9 Å². The zero-order valence-corrected chi connectivity index (χ0v) is 17.8. The van der Waals surface area contributed by atoms with E-state index in [1.807, 2.05) is 17.5 Å². The molecule has 1 fully saturated rings. The second-order valence-electron chi connectivity index (χ2n) is 7.20. The van der Waals surface area contributed by atoms with Crippen molar-refractivity contribution in [1.82, 2.24) is 9.62 Å². The number of benzene rings is 1. The Kier molecular flexibility index (Phi) is 6.87. The Morgan fingerprint density at radius 1 is 1.29 bits per heavy atom. The van der Waals surface area contributed by atoms with Crippen molar-refractivity contribution >= 4 is 27.3 Å². The standard InChI is InChI=1S/C20H26N2O4S2/c1-15(2)21-28(24,25)19-9-7-16(8-10-19)20(23)22(13-17-5-3-11-26-17)14-18-6-4-12-27-18/h4,6-10,12,15,17,21H,3,5,11,13-14H2,1-2H3. The molecule has 1 unspecified atom stereocenters. The summed E-state index contributed by atoms with van der Waals surface area (Å²) in [6.45, 7) is 5.32. The van der Waals surface area contributed by atoms with Crippen LogP contribution in [0.25, 0.3) is 0 Å². The third-order valence-electron chi connectivity index (χ3n) is 4.46. The molecule has 2 aromatic rings. The van der Waals surface area contributed by atoms with E-state index in [4.69, 9.17) is 4.74 Å². The molecule has 6 nitrogen and oxygen atoms in total. The smallest absolute Gasteiger partial charge is 0.254 e. The zero-order valence-electron chi connectivity index (χ0n) is 16.1. The molecule has 28 heavy (non-hydrogen) atoms. The summed E-state index contributed by atoms with van der Waals surface area (Å²) >= 11 is 1.61. The topological polar surface area (TPSA) is 75.7 Å². The maximum atomic E-state index is 13.1. The average molecular weight is 423 g/mol. The van der Waals surface area contributed by atoms with Gasteiger partial charge in [-0.15, -0.1) is 11.3 Å². The fourth-order valence-electron chi connectivity index (χ4n) is 3.18. The van der Waals surface area contributed by atoms with Crippen LogP contribution in [0.4, 0.5) is 0 Å². The first kappa shape index (κ1) is 21.0. The highest BCUT2D eigenvalue weighted by atomic mass is 32.2. The number of sulfonamides is 1. The molecule has 1 amide bonds. The molecule has 152 valence electrons. The number of carbonyl (C=O) groups is 1. The zero-order chi connectivity index (χ0) is 20.1. The average Bonchev–Trinajstić information content (AvgIpc) is 3.34. The van der Waals surface area contributed by atoms with E-state index in [1.54, 1.807) is 42.2 Å². The summed E-state index contributed by atoms with van der Waals surface area (Å²) in [5.74, 6) is -0.121. The van der Waals surface area contributed by atoms with Gasteiger partial charge in [0.2, 0.25) is 10.0 Å². The van der Waals surface area contributed by atoms with Gasteiger partial charge >= 0.3 is 0 Å². The maximum Gasteiger partial charge on any atom is 0.254 e. The van der Waals surface area contributed by atoms with E-state index >= 15 is 0 Å². The Hall–Kier alpha value is -1.74. The molecule has 3 rings (SSSR count). The van der Waals surface area contributed by atoms with Crippen molar-refractivity contribution in [3.63, 3.8) is 0 Å². The summed E-state index contributed by atoms with van der Waals surface area (Å²) in [5, 5.41) is 1.99. The van der Waals surface area contributed by atoms with E-state index in [0.29, 0.717) is 18.7 Å². The van der Waals surface area contributed by atoms with E-state index in [1.165, 1.54) is 12.1 Å². The third-order valence-corrected chi connectivity index (χ3v) is 7.00. The van der Waals surface area contributed by atoms with Crippen molar-refractivity contribution < 1.29 is 17.9 Å². The largest absolute Gasteiger partial charge is 0.376 e. The van der Waals surface area contributed by atoms with Crippen molar-refractivity contribution in [2.75, 3.05) is 13.2 Å². The van der Waals surface area contributed by atoms with Crippen LogP contribution in [0.5, 0.6) is 0 Å². The van der Waals surface area contributed by atoms with Crippen LogP contribution in [0.15, 0.2) is 46.7 Å². The first-order valence-corrected chi connectivity index (χ1v) is 11.8. The van der Waals surface area contributed by atoms with Gasteiger partial charge in [-0.3, -0.25) is 4.79 Å². The molecule has 1 atom stereocenters. The number of hydrogen-bond donors (Lipinski definition) is 1. The van der Waals surface area contributed by atoms with Crippen LogP contribution in [0.3, 0.4) is 0 Å². The highest BCUT2D eigenvalue weighted by Gasteiger charge is 2.24. The number of hydrogen-bond acceptors (Lipinski definition) is 5. The van der Waals surface area contributed by atoms with Gasteiger partial charge in [0.25, 0.3) is 5.91 Å². The minimum Gasteiger partial charge on any atom is -0.376 e. The molecule has 0 aliphatic carbocycles. The van der Waals surface area contributed by atoms with Crippen LogP contribution in [0.2, 0.25) is 0 Å². The SMILES string of the molecule is CC(C)NS(=O)(=O)c1ccc(C(=O)N(Cc2cccs2)CC2CCCO2)cc1. The molecule has 1 aromatic heterocycles. The predicted molar refractivity (Wildman–Crippen MR) is 110 cm³/mol. The van der Waals surface area contributed by atoms with E-state index in [0.717, 1.165) is 24.3 Å². The molecular formula is C20H26N2O4S2. The van der Waals surface area contributed by atoms with Gasteiger partial charge < -0.3 is 9.64 Å². The molecule has 0 saturated carbocycles. The lowest BCUT2D eigenvalue weighted by atomic mass is 10.1. The van der Waals surface area contributed by atoms with Crippen LogP contribution < -0.4 is 4.72 Å². The van der Waals surface area contributed by atoms with Crippen LogP contribution in [0, 0.1) is 0 Å². The van der Waals surface area contributed by atoms with Crippen LogP contribution in [-0.4, -0.2) is 44.5 Å². The normalized spacial score (nSPS) is 17.2. The minimum atomic E-state index is -3.58. The second-order valence-corrected chi connectivity index (χ2v) is 9.95. The van der Waals surface area contributed by atoms with Gasteiger partial charge in [-0.2, -0.15) is 0 Å². The van der Waals surface area contributed by atoms with Gasteiger partial charge in [0.15, 0.2) is 0 Å². The Morgan fingerprint density at radius 3 is 2.61 bits per heavy atom. The Bertz CT molecular complexity index is 871. The van der Waals surface area contributed by atoms with E-state index in [9.17, 15) is 13.2 Å². The summed E-state index contributed by atoms with van der Waals surface area (Å²) in [7, 11) is -3.58. The van der Waals surface area contributed by atoms with Gasteiger partial charge in [-0.05, 0) is 62.4 Å². The summed E-state index contributed by atoms with van der Waals surface area (Å²) in [4.78, 5) is 16.2. The van der Waals surface area contributed by atoms with Crippen molar-refractivity contribution in [2.24, 2.45) is 0 Å². The first-order chi connectivity index (χ1) is 13.3. The fraction of sp³-hybridized carbons (Fsp3) is 0.450. The summed E-state index contributed by atoms with van der Waals surface area (Å²) in [5.41, 5.74) is 0.470. The highest BCUT2D eigenvalue weighted by molar-refractivity contribution is 7.89. The summed E-state index contributed by atoms with van der Waals surface area (Å²) in [6.07, 6.45) is 2.02. The lowest BCUT2D eigenvalue weighted by molar-refractivity contribution is 0.0509. The molecule has 0 bridgehead atoms. The number of nitrogens with zero attached hydrogens (tertiary/aromatic N) is 1.